The molecule has 150 valence electrons. The lowest BCUT2D eigenvalue weighted by Crippen LogP contribution is -2.46. The van der Waals surface area contributed by atoms with E-state index in [0.29, 0.717) is 13.1 Å². The molecule has 1 aromatic carbocycles. The van der Waals surface area contributed by atoms with Crippen molar-refractivity contribution in [3.8, 4) is 0 Å². The number of nitrogens with one attached hydrogen (secondary N) is 2. The van der Waals surface area contributed by atoms with Crippen LogP contribution >= 0.6 is 0 Å². The lowest BCUT2D eigenvalue weighted by Gasteiger charge is -2.27. The number of ether oxygens (including phenoxy) is 1. The number of hydrogen-bond acceptors (Lipinski definition) is 4. The molecule has 1 aliphatic heterocycles. The van der Waals surface area contributed by atoms with E-state index in [2.05, 4.69) is 46.7 Å². The van der Waals surface area contributed by atoms with Crippen molar-refractivity contribution < 1.29 is 9.84 Å². The highest BCUT2D eigenvalue weighted by Crippen LogP contribution is 2.28. The number of aliphatic hydroxyl groups is 1. The van der Waals surface area contributed by atoms with Crippen LogP contribution in [0.4, 0.5) is 0 Å². The molecule has 1 saturated carbocycles. The minimum atomic E-state index is -0.579. The first-order valence-corrected chi connectivity index (χ1v) is 10.3. The van der Waals surface area contributed by atoms with Crippen molar-refractivity contribution in [2.24, 2.45) is 4.99 Å². The van der Waals surface area contributed by atoms with Gasteiger partial charge >= 0.3 is 0 Å². The molecule has 2 aliphatic rings. The number of benzene rings is 1. The first-order valence-electron chi connectivity index (χ1n) is 10.3. The molecule has 0 unspecified atom stereocenters. The van der Waals surface area contributed by atoms with Crippen molar-refractivity contribution in [3.05, 3.63) is 35.4 Å². The molecular formula is C21H34N4O2. The van der Waals surface area contributed by atoms with Gasteiger partial charge in [0.05, 0.1) is 25.4 Å². The standard InChI is InChI=1S/C21H34N4O2/c1-2-22-20(24-17-21(26)9-5-6-10-21)23-15-18-7-3-4-8-19(18)16-25-11-13-27-14-12-25/h3-4,7-8,26H,2,5-6,9-17H2,1H3,(H2,22,23,24). The lowest BCUT2D eigenvalue weighted by molar-refractivity contribution is 0.0341. The maximum atomic E-state index is 10.6. The van der Waals surface area contributed by atoms with E-state index in [4.69, 9.17) is 9.73 Å². The molecule has 0 atom stereocenters. The summed E-state index contributed by atoms with van der Waals surface area (Å²) in [7, 11) is 0. The lowest BCUT2D eigenvalue weighted by atomic mass is 10.0. The van der Waals surface area contributed by atoms with Gasteiger partial charge < -0.3 is 20.5 Å². The molecule has 1 heterocycles. The second kappa shape index (κ2) is 10.1. The van der Waals surface area contributed by atoms with Crippen molar-refractivity contribution in [1.29, 1.82) is 0 Å². The van der Waals surface area contributed by atoms with Crippen LogP contribution in [0.25, 0.3) is 0 Å². The Balaban J connectivity index is 1.61. The van der Waals surface area contributed by atoms with Gasteiger partial charge in [0.2, 0.25) is 0 Å². The Kier molecular flexibility index (Phi) is 7.50. The summed E-state index contributed by atoms with van der Waals surface area (Å²) in [6.07, 6.45) is 3.98. The molecule has 3 rings (SSSR count). The molecule has 0 aromatic heterocycles. The van der Waals surface area contributed by atoms with Crippen molar-refractivity contribution in [2.45, 2.75) is 51.3 Å². The molecule has 27 heavy (non-hydrogen) atoms. The Labute approximate surface area is 163 Å². The van der Waals surface area contributed by atoms with Crippen LogP contribution in [0.15, 0.2) is 29.3 Å². The van der Waals surface area contributed by atoms with E-state index in [1.54, 1.807) is 0 Å². The summed E-state index contributed by atoms with van der Waals surface area (Å²) in [6.45, 7) is 8.62. The van der Waals surface area contributed by atoms with Gasteiger partial charge in [-0.3, -0.25) is 4.90 Å². The molecule has 3 N–H and O–H groups in total. The maximum Gasteiger partial charge on any atom is 0.191 e. The molecule has 2 fully saturated rings. The van der Waals surface area contributed by atoms with Gasteiger partial charge in [-0.2, -0.15) is 0 Å². The molecule has 1 aliphatic carbocycles. The monoisotopic (exact) mass is 374 g/mol. The molecule has 6 nitrogen and oxygen atoms in total. The number of aliphatic imine (C=N–C) groups is 1. The molecule has 1 saturated heterocycles. The van der Waals surface area contributed by atoms with Crippen LogP contribution < -0.4 is 10.6 Å². The largest absolute Gasteiger partial charge is 0.388 e. The number of nitrogens with zero attached hydrogens (tertiary/aromatic N) is 2. The van der Waals surface area contributed by atoms with Gasteiger partial charge in [-0.15, -0.1) is 0 Å². The number of guanidine groups is 1. The van der Waals surface area contributed by atoms with E-state index in [1.807, 2.05) is 0 Å². The van der Waals surface area contributed by atoms with Crippen LogP contribution in [0.2, 0.25) is 0 Å². The maximum absolute atomic E-state index is 10.6. The molecule has 6 heteroatoms. The topological polar surface area (TPSA) is 69.1 Å². The average molecular weight is 375 g/mol. The predicted molar refractivity (Wildman–Crippen MR) is 109 cm³/mol. The fourth-order valence-corrected chi connectivity index (χ4v) is 3.83. The van der Waals surface area contributed by atoms with Gasteiger partial charge in [0.25, 0.3) is 0 Å². The highest BCUT2D eigenvalue weighted by Gasteiger charge is 2.30. The van der Waals surface area contributed by atoms with Crippen LogP contribution in [0.1, 0.15) is 43.7 Å². The third-order valence-corrected chi connectivity index (χ3v) is 5.49. The van der Waals surface area contributed by atoms with Gasteiger partial charge in [0.15, 0.2) is 5.96 Å². The zero-order chi connectivity index (χ0) is 19.0. The summed E-state index contributed by atoms with van der Waals surface area (Å²) < 4.78 is 5.45. The Morgan fingerprint density at radius 2 is 1.85 bits per heavy atom. The molecule has 0 amide bonds. The third-order valence-electron chi connectivity index (χ3n) is 5.49. The van der Waals surface area contributed by atoms with Gasteiger partial charge in [-0.05, 0) is 30.9 Å². The van der Waals surface area contributed by atoms with Crippen molar-refractivity contribution in [1.82, 2.24) is 15.5 Å². The summed E-state index contributed by atoms with van der Waals surface area (Å²) in [5.41, 5.74) is 2.00. The minimum absolute atomic E-state index is 0.564. The average Bonchev–Trinajstić information content (AvgIpc) is 3.13. The van der Waals surface area contributed by atoms with Crippen molar-refractivity contribution in [2.75, 3.05) is 39.4 Å². The van der Waals surface area contributed by atoms with E-state index in [1.165, 1.54) is 11.1 Å². The highest BCUT2D eigenvalue weighted by atomic mass is 16.5. The molecule has 0 radical (unpaired) electrons. The molecule has 0 spiro atoms. The first kappa shape index (κ1) is 20.1. The predicted octanol–water partition coefficient (Wildman–Crippen LogP) is 1.88. The molecular weight excluding hydrogens is 340 g/mol. The first-order chi connectivity index (χ1) is 13.2. The van der Waals surface area contributed by atoms with Crippen LogP contribution in [-0.2, 0) is 17.8 Å². The second-order valence-corrected chi connectivity index (χ2v) is 7.64. The van der Waals surface area contributed by atoms with Crippen molar-refractivity contribution in [3.63, 3.8) is 0 Å². The Morgan fingerprint density at radius 3 is 2.56 bits per heavy atom. The zero-order valence-corrected chi connectivity index (χ0v) is 16.5. The minimum Gasteiger partial charge on any atom is -0.388 e. The normalized spacial score (nSPS) is 20.6. The number of hydrogen-bond donors (Lipinski definition) is 3. The molecule has 1 aromatic rings. The highest BCUT2D eigenvalue weighted by molar-refractivity contribution is 5.79. The SMILES string of the molecule is CCNC(=NCc1ccccc1CN1CCOCC1)NCC1(O)CCCC1. The van der Waals surface area contributed by atoms with Gasteiger partial charge in [0, 0.05) is 32.7 Å². The van der Waals surface area contributed by atoms with Crippen molar-refractivity contribution >= 4 is 5.96 Å². The van der Waals surface area contributed by atoms with Gasteiger partial charge in [-0.25, -0.2) is 4.99 Å². The van der Waals surface area contributed by atoms with Crippen LogP contribution in [0.5, 0.6) is 0 Å². The van der Waals surface area contributed by atoms with Crippen LogP contribution in [0, 0.1) is 0 Å². The zero-order valence-electron chi connectivity index (χ0n) is 16.5. The third kappa shape index (κ3) is 6.19. The number of rotatable bonds is 7. The van der Waals surface area contributed by atoms with E-state index in [-0.39, 0.29) is 0 Å². The van der Waals surface area contributed by atoms with Gasteiger partial charge in [0.1, 0.15) is 0 Å². The Bertz CT molecular complexity index is 608. The van der Waals surface area contributed by atoms with E-state index in [0.717, 1.165) is 71.0 Å². The Morgan fingerprint density at radius 1 is 1.15 bits per heavy atom. The summed E-state index contributed by atoms with van der Waals surface area (Å²) in [6, 6.07) is 8.53. The fourth-order valence-electron chi connectivity index (χ4n) is 3.83. The second-order valence-electron chi connectivity index (χ2n) is 7.64. The Hall–Kier alpha value is -1.63. The quantitative estimate of drug-likeness (QED) is 0.502. The molecule has 0 bridgehead atoms. The number of morpholine rings is 1. The van der Waals surface area contributed by atoms with Crippen LogP contribution in [0.3, 0.4) is 0 Å². The summed E-state index contributed by atoms with van der Waals surface area (Å²) in [5, 5.41) is 17.2. The van der Waals surface area contributed by atoms with E-state index < -0.39 is 5.60 Å². The summed E-state index contributed by atoms with van der Waals surface area (Å²) in [5.74, 6) is 0.777. The summed E-state index contributed by atoms with van der Waals surface area (Å²) >= 11 is 0. The van der Waals surface area contributed by atoms with Crippen LogP contribution in [-0.4, -0.2) is 61.0 Å². The van der Waals surface area contributed by atoms with E-state index in [9.17, 15) is 5.11 Å². The fraction of sp³-hybridized carbons (Fsp3) is 0.667. The smallest absolute Gasteiger partial charge is 0.191 e. The summed E-state index contributed by atoms with van der Waals surface area (Å²) in [4.78, 5) is 7.21. The van der Waals surface area contributed by atoms with E-state index >= 15 is 0 Å². The van der Waals surface area contributed by atoms with Gasteiger partial charge in [-0.1, -0.05) is 37.1 Å².